The number of aliphatic hydroxyl groups is 1. The van der Waals surface area contributed by atoms with Gasteiger partial charge in [-0.15, -0.1) is 0 Å². The van der Waals surface area contributed by atoms with Gasteiger partial charge in [-0.05, 0) is 20.8 Å². The molecule has 1 N–H and O–H groups in total. The molecule has 0 heterocycles. The van der Waals surface area contributed by atoms with E-state index in [-0.39, 0.29) is 23.9 Å². The molecule has 0 aliphatic heterocycles. The minimum absolute atomic E-state index is 0.0602. The number of hydrogen-bond acceptors (Lipinski definition) is 3. The molecule has 0 aromatic rings. The van der Waals surface area contributed by atoms with Crippen LogP contribution in [0.3, 0.4) is 0 Å². The molecular weight excluding hydrogens is 156 g/mol. The van der Waals surface area contributed by atoms with Crippen LogP contribution in [0.2, 0.25) is 0 Å². The van der Waals surface area contributed by atoms with E-state index in [2.05, 4.69) is 0 Å². The molecule has 3 heteroatoms. The van der Waals surface area contributed by atoms with Gasteiger partial charge >= 0.3 is 0 Å². The summed E-state index contributed by atoms with van der Waals surface area (Å²) in [6.07, 6.45) is 0.270. The third kappa shape index (κ3) is 2.19. The Morgan fingerprint density at radius 2 is 1.92 bits per heavy atom. The molecule has 0 radical (unpaired) electrons. The van der Waals surface area contributed by atoms with Crippen LogP contribution in [0, 0.1) is 0 Å². The molecule has 0 saturated heterocycles. The van der Waals surface area contributed by atoms with Gasteiger partial charge in [0.2, 0.25) is 0 Å². The summed E-state index contributed by atoms with van der Waals surface area (Å²) in [6, 6.07) is 0. The van der Waals surface area contributed by atoms with Gasteiger partial charge in [-0.2, -0.15) is 0 Å². The lowest BCUT2D eigenvalue weighted by Crippen LogP contribution is -2.55. The van der Waals surface area contributed by atoms with Gasteiger partial charge in [-0.3, -0.25) is 0 Å². The van der Waals surface area contributed by atoms with Crippen LogP contribution < -0.4 is 0 Å². The molecule has 0 amide bonds. The first-order valence-electron chi connectivity index (χ1n) is 4.33. The largest absolute Gasteiger partial charge is 0.390 e. The minimum atomic E-state index is -0.345. The Hall–Kier alpha value is -0.120. The van der Waals surface area contributed by atoms with Crippen molar-refractivity contribution in [1.82, 2.24) is 0 Å². The number of rotatable bonds is 2. The van der Waals surface area contributed by atoms with Crippen molar-refractivity contribution in [2.45, 2.75) is 51.1 Å². The lowest BCUT2D eigenvalue weighted by atomic mass is 9.87. The van der Waals surface area contributed by atoms with Crippen molar-refractivity contribution in [1.29, 1.82) is 0 Å². The first-order valence-corrected chi connectivity index (χ1v) is 4.33. The van der Waals surface area contributed by atoms with Crippen LogP contribution in [0.15, 0.2) is 0 Å². The fourth-order valence-electron chi connectivity index (χ4n) is 1.44. The van der Waals surface area contributed by atoms with Gasteiger partial charge in [-0.1, -0.05) is 0 Å². The van der Waals surface area contributed by atoms with Gasteiger partial charge in [0.15, 0.2) is 0 Å². The molecule has 1 aliphatic rings. The van der Waals surface area contributed by atoms with Crippen molar-refractivity contribution >= 4 is 0 Å². The fourth-order valence-corrected chi connectivity index (χ4v) is 1.44. The summed E-state index contributed by atoms with van der Waals surface area (Å²) in [6.45, 7) is 6.01. The van der Waals surface area contributed by atoms with E-state index in [0.29, 0.717) is 6.42 Å². The maximum atomic E-state index is 9.27. The second-order valence-electron chi connectivity index (χ2n) is 4.27. The van der Waals surface area contributed by atoms with Crippen LogP contribution in [0.25, 0.3) is 0 Å². The molecule has 3 nitrogen and oxygen atoms in total. The highest BCUT2D eigenvalue weighted by molar-refractivity contribution is 4.92. The first kappa shape index (κ1) is 9.96. The van der Waals surface area contributed by atoms with Crippen LogP contribution in [0.4, 0.5) is 0 Å². The van der Waals surface area contributed by atoms with Crippen LogP contribution in [0.1, 0.15) is 27.2 Å². The Morgan fingerprint density at radius 1 is 1.33 bits per heavy atom. The van der Waals surface area contributed by atoms with Crippen molar-refractivity contribution in [2.24, 2.45) is 0 Å². The van der Waals surface area contributed by atoms with Crippen molar-refractivity contribution in [3.63, 3.8) is 0 Å². The summed E-state index contributed by atoms with van der Waals surface area (Å²) < 4.78 is 10.7. The van der Waals surface area contributed by atoms with Gasteiger partial charge in [0.05, 0.1) is 17.8 Å². The second kappa shape index (κ2) is 3.32. The van der Waals surface area contributed by atoms with Crippen molar-refractivity contribution in [3.8, 4) is 0 Å². The predicted octanol–water partition coefficient (Wildman–Crippen LogP) is 0.950. The highest BCUT2D eigenvalue weighted by atomic mass is 16.6. The molecule has 3 atom stereocenters. The number of ether oxygens (including phenoxy) is 2. The molecule has 0 bridgehead atoms. The number of methoxy groups -OCH3 is 1. The molecule has 1 aliphatic carbocycles. The zero-order valence-corrected chi connectivity index (χ0v) is 8.20. The smallest absolute Gasteiger partial charge is 0.109 e. The van der Waals surface area contributed by atoms with Crippen molar-refractivity contribution in [2.75, 3.05) is 7.11 Å². The Kier molecular flexibility index (Phi) is 2.76. The van der Waals surface area contributed by atoms with E-state index in [1.807, 2.05) is 20.8 Å². The lowest BCUT2D eigenvalue weighted by molar-refractivity contribution is -0.213. The standard InChI is InChI=1S/C9H18O3/c1-9(2,3)12-7-5-6(10)8(7)11-4/h6-8,10H,5H2,1-4H3. The summed E-state index contributed by atoms with van der Waals surface area (Å²) in [7, 11) is 1.60. The van der Waals surface area contributed by atoms with Crippen LogP contribution in [-0.2, 0) is 9.47 Å². The summed E-state index contributed by atoms with van der Waals surface area (Å²) in [5, 5.41) is 9.27. The molecule has 1 fully saturated rings. The summed E-state index contributed by atoms with van der Waals surface area (Å²) >= 11 is 0. The first-order chi connectivity index (χ1) is 5.44. The minimum Gasteiger partial charge on any atom is -0.390 e. The maximum absolute atomic E-state index is 9.27. The zero-order valence-electron chi connectivity index (χ0n) is 8.20. The van der Waals surface area contributed by atoms with E-state index in [4.69, 9.17) is 9.47 Å². The lowest BCUT2D eigenvalue weighted by Gasteiger charge is -2.43. The van der Waals surface area contributed by atoms with E-state index in [1.165, 1.54) is 0 Å². The highest BCUT2D eigenvalue weighted by Gasteiger charge is 2.42. The van der Waals surface area contributed by atoms with Crippen LogP contribution in [0.5, 0.6) is 0 Å². The van der Waals surface area contributed by atoms with Crippen LogP contribution >= 0.6 is 0 Å². The molecule has 0 aromatic carbocycles. The summed E-state index contributed by atoms with van der Waals surface area (Å²) in [5.41, 5.74) is -0.151. The van der Waals surface area contributed by atoms with E-state index >= 15 is 0 Å². The average molecular weight is 174 g/mol. The number of aliphatic hydroxyl groups excluding tert-OH is 1. The van der Waals surface area contributed by atoms with Crippen LogP contribution in [-0.4, -0.2) is 36.1 Å². The quantitative estimate of drug-likeness (QED) is 0.677. The Labute approximate surface area is 73.7 Å². The Bertz CT molecular complexity index is 150. The SMILES string of the molecule is COC1C(O)CC1OC(C)(C)C. The van der Waals surface area contributed by atoms with E-state index in [0.717, 1.165) is 0 Å². The average Bonchev–Trinajstić information content (AvgIpc) is 1.84. The van der Waals surface area contributed by atoms with Gasteiger partial charge in [-0.25, -0.2) is 0 Å². The van der Waals surface area contributed by atoms with Gasteiger partial charge < -0.3 is 14.6 Å². The van der Waals surface area contributed by atoms with Crippen molar-refractivity contribution < 1.29 is 14.6 Å². The van der Waals surface area contributed by atoms with Crippen molar-refractivity contribution in [3.05, 3.63) is 0 Å². The zero-order chi connectivity index (χ0) is 9.35. The highest BCUT2D eigenvalue weighted by Crippen LogP contribution is 2.29. The van der Waals surface area contributed by atoms with E-state index < -0.39 is 0 Å². The van der Waals surface area contributed by atoms with E-state index in [1.54, 1.807) is 7.11 Å². The molecule has 0 spiro atoms. The molecule has 0 aromatic heterocycles. The number of hydrogen-bond donors (Lipinski definition) is 1. The normalized spacial score (nSPS) is 36.2. The monoisotopic (exact) mass is 174 g/mol. The molecule has 1 saturated carbocycles. The van der Waals surface area contributed by atoms with Gasteiger partial charge in [0.1, 0.15) is 6.10 Å². The maximum Gasteiger partial charge on any atom is 0.109 e. The van der Waals surface area contributed by atoms with Gasteiger partial charge in [0, 0.05) is 13.5 Å². The predicted molar refractivity (Wildman–Crippen MR) is 46.0 cm³/mol. The summed E-state index contributed by atoms with van der Waals surface area (Å²) in [5.74, 6) is 0. The third-order valence-corrected chi connectivity index (χ3v) is 2.00. The summed E-state index contributed by atoms with van der Waals surface area (Å²) in [4.78, 5) is 0. The van der Waals surface area contributed by atoms with Gasteiger partial charge in [0.25, 0.3) is 0 Å². The fraction of sp³-hybridized carbons (Fsp3) is 1.00. The molecule has 3 unspecified atom stereocenters. The second-order valence-corrected chi connectivity index (χ2v) is 4.27. The molecule has 1 rings (SSSR count). The Balaban J connectivity index is 2.36. The molecule has 12 heavy (non-hydrogen) atoms. The topological polar surface area (TPSA) is 38.7 Å². The van der Waals surface area contributed by atoms with E-state index in [9.17, 15) is 5.11 Å². The molecule has 72 valence electrons. The Morgan fingerprint density at radius 3 is 2.25 bits per heavy atom. The molecular formula is C9H18O3. The third-order valence-electron chi connectivity index (χ3n) is 2.00.